The van der Waals surface area contributed by atoms with Crippen molar-refractivity contribution < 1.29 is 28.9 Å². The molecule has 2 bridgehead atoms. The van der Waals surface area contributed by atoms with Crippen LogP contribution in [-0.4, -0.2) is 42.1 Å². The zero-order valence-corrected chi connectivity index (χ0v) is 11.3. The number of aliphatic hydroxyl groups is 1. The Kier molecular flexibility index (Phi) is 3.30. The number of carbonyl (C=O) groups is 2. The molecule has 1 N–H and O–H groups in total. The Balaban J connectivity index is 1.53. The summed E-state index contributed by atoms with van der Waals surface area (Å²) in [5.41, 5.74) is 0.422. The second-order valence-electron chi connectivity index (χ2n) is 5.87. The van der Waals surface area contributed by atoms with Crippen LogP contribution in [0.3, 0.4) is 0 Å². The quantitative estimate of drug-likeness (QED) is 0.446. The SMILES string of the molecule is C=C(C)C(O)OCC(=O)OC1C2CC3C(=O)OC1C3C2. The number of rotatable bonds is 5. The minimum absolute atomic E-state index is 0.00133. The highest BCUT2D eigenvalue weighted by Crippen LogP contribution is 2.55. The number of hydrogen-bond donors (Lipinski definition) is 1. The number of hydrogen-bond acceptors (Lipinski definition) is 6. The predicted octanol–water partition coefficient (Wildman–Crippen LogP) is 0.391. The molecule has 2 saturated carbocycles. The third-order valence-corrected chi connectivity index (χ3v) is 4.46. The summed E-state index contributed by atoms with van der Waals surface area (Å²) < 4.78 is 15.6. The average Bonchev–Trinajstić information content (AvgIpc) is 3.00. The Hall–Kier alpha value is -1.40. The van der Waals surface area contributed by atoms with Gasteiger partial charge in [-0.15, -0.1) is 0 Å². The predicted molar refractivity (Wildman–Crippen MR) is 66.2 cm³/mol. The standard InChI is InChI=1S/C14H18O6/c1-6(2)13(16)18-5-10(15)19-11-7-3-8-9(4-7)14(17)20-12(8)11/h7-9,11-13,16H,1,3-5H2,2H3. The number of ether oxygens (including phenoxy) is 3. The molecule has 0 aromatic rings. The van der Waals surface area contributed by atoms with E-state index in [1.54, 1.807) is 6.92 Å². The van der Waals surface area contributed by atoms with Gasteiger partial charge in [0.05, 0.1) is 5.92 Å². The summed E-state index contributed by atoms with van der Waals surface area (Å²) in [4.78, 5) is 23.3. The summed E-state index contributed by atoms with van der Waals surface area (Å²) in [5, 5.41) is 9.38. The van der Waals surface area contributed by atoms with Crippen LogP contribution in [0.25, 0.3) is 0 Å². The van der Waals surface area contributed by atoms with Crippen LogP contribution in [-0.2, 0) is 23.8 Å². The molecular formula is C14H18O6. The highest BCUT2D eigenvalue weighted by molar-refractivity contribution is 5.77. The highest BCUT2D eigenvalue weighted by Gasteiger charge is 2.63. The molecule has 0 radical (unpaired) electrons. The van der Waals surface area contributed by atoms with Crippen molar-refractivity contribution in [1.82, 2.24) is 0 Å². The Morgan fingerprint density at radius 3 is 3.00 bits per heavy atom. The van der Waals surface area contributed by atoms with Crippen LogP contribution < -0.4 is 0 Å². The van der Waals surface area contributed by atoms with E-state index in [1.807, 2.05) is 0 Å². The van der Waals surface area contributed by atoms with Gasteiger partial charge in [0.1, 0.15) is 18.8 Å². The minimum Gasteiger partial charge on any atom is -0.458 e. The molecule has 1 heterocycles. The molecule has 2 aliphatic carbocycles. The zero-order valence-electron chi connectivity index (χ0n) is 11.3. The minimum atomic E-state index is -1.17. The van der Waals surface area contributed by atoms with Gasteiger partial charge < -0.3 is 19.3 Å². The molecule has 6 nitrogen and oxygen atoms in total. The summed E-state index contributed by atoms with van der Waals surface area (Å²) >= 11 is 0. The normalized spacial score (nSPS) is 38.7. The summed E-state index contributed by atoms with van der Waals surface area (Å²) in [5.74, 6) is -0.303. The van der Waals surface area contributed by atoms with Gasteiger partial charge >= 0.3 is 11.9 Å². The molecule has 1 saturated heterocycles. The molecule has 3 fully saturated rings. The van der Waals surface area contributed by atoms with E-state index in [9.17, 15) is 14.7 Å². The van der Waals surface area contributed by atoms with Crippen molar-refractivity contribution in [3.05, 3.63) is 12.2 Å². The van der Waals surface area contributed by atoms with Crippen LogP contribution in [0.15, 0.2) is 12.2 Å². The van der Waals surface area contributed by atoms with E-state index in [2.05, 4.69) is 6.58 Å². The first-order valence-electron chi connectivity index (χ1n) is 6.82. The molecule has 0 aromatic heterocycles. The first kappa shape index (κ1) is 13.6. The smallest absolute Gasteiger partial charge is 0.332 e. The molecule has 3 rings (SSSR count). The van der Waals surface area contributed by atoms with Crippen LogP contribution in [0.5, 0.6) is 0 Å². The molecule has 0 aromatic carbocycles. The maximum absolute atomic E-state index is 11.7. The van der Waals surface area contributed by atoms with Gasteiger partial charge in [-0.05, 0) is 25.3 Å². The molecule has 110 valence electrons. The largest absolute Gasteiger partial charge is 0.458 e. The van der Waals surface area contributed by atoms with Crippen molar-refractivity contribution in [2.24, 2.45) is 17.8 Å². The fourth-order valence-corrected chi connectivity index (χ4v) is 3.54. The monoisotopic (exact) mass is 282 g/mol. The lowest BCUT2D eigenvalue weighted by atomic mass is 9.88. The summed E-state index contributed by atoms with van der Waals surface area (Å²) in [6, 6.07) is 0. The molecule has 6 heteroatoms. The molecule has 0 spiro atoms. The Morgan fingerprint density at radius 2 is 2.30 bits per heavy atom. The Morgan fingerprint density at radius 1 is 1.55 bits per heavy atom. The van der Waals surface area contributed by atoms with Gasteiger partial charge in [0.15, 0.2) is 6.29 Å². The van der Waals surface area contributed by atoms with Crippen molar-refractivity contribution in [1.29, 1.82) is 0 Å². The van der Waals surface area contributed by atoms with E-state index in [0.717, 1.165) is 12.8 Å². The molecular weight excluding hydrogens is 264 g/mol. The zero-order chi connectivity index (χ0) is 14.4. The van der Waals surface area contributed by atoms with Gasteiger partial charge in [-0.1, -0.05) is 6.58 Å². The first-order valence-corrected chi connectivity index (χ1v) is 6.82. The number of esters is 2. The topological polar surface area (TPSA) is 82.1 Å². The summed E-state index contributed by atoms with van der Waals surface area (Å²) in [6.45, 7) is 4.78. The first-order chi connectivity index (χ1) is 9.47. The van der Waals surface area contributed by atoms with E-state index in [1.165, 1.54) is 0 Å². The molecule has 6 unspecified atom stereocenters. The molecule has 3 aliphatic rings. The molecule has 6 atom stereocenters. The van der Waals surface area contributed by atoms with Gasteiger partial charge in [-0.3, -0.25) is 4.79 Å². The fourth-order valence-electron chi connectivity index (χ4n) is 3.54. The molecule has 20 heavy (non-hydrogen) atoms. The second kappa shape index (κ2) is 4.86. The fraction of sp³-hybridized carbons (Fsp3) is 0.714. The summed E-state index contributed by atoms with van der Waals surface area (Å²) in [7, 11) is 0. The van der Waals surface area contributed by atoms with Crippen molar-refractivity contribution in [3.63, 3.8) is 0 Å². The lowest BCUT2D eigenvalue weighted by Crippen LogP contribution is -2.37. The van der Waals surface area contributed by atoms with E-state index in [4.69, 9.17) is 14.2 Å². The second-order valence-corrected chi connectivity index (χ2v) is 5.87. The average molecular weight is 282 g/mol. The van der Waals surface area contributed by atoms with E-state index in [0.29, 0.717) is 5.57 Å². The maximum atomic E-state index is 11.7. The third kappa shape index (κ3) is 2.13. The van der Waals surface area contributed by atoms with E-state index >= 15 is 0 Å². The van der Waals surface area contributed by atoms with Crippen molar-refractivity contribution in [2.75, 3.05) is 6.61 Å². The van der Waals surface area contributed by atoms with Crippen LogP contribution in [0.4, 0.5) is 0 Å². The van der Waals surface area contributed by atoms with Crippen LogP contribution in [0, 0.1) is 17.8 Å². The van der Waals surface area contributed by atoms with Gasteiger partial charge in [-0.25, -0.2) is 4.79 Å². The molecule has 1 aliphatic heterocycles. The van der Waals surface area contributed by atoms with E-state index < -0.39 is 12.3 Å². The number of carbonyl (C=O) groups excluding carboxylic acids is 2. The third-order valence-electron chi connectivity index (χ3n) is 4.46. The highest BCUT2D eigenvalue weighted by atomic mass is 16.6. The van der Waals surface area contributed by atoms with E-state index in [-0.39, 0.29) is 42.5 Å². The van der Waals surface area contributed by atoms with Crippen molar-refractivity contribution >= 4 is 11.9 Å². The van der Waals surface area contributed by atoms with Crippen LogP contribution in [0.1, 0.15) is 19.8 Å². The number of aliphatic hydroxyl groups excluding tert-OH is 1. The number of fused-ring (bicyclic) bond motifs is 1. The van der Waals surface area contributed by atoms with Crippen LogP contribution in [0.2, 0.25) is 0 Å². The lowest BCUT2D eigenvalue weighted by Gasteiger charge is -2.25. The van der Waals surface area contributed by atoms with Gasteiger partial charge in [0.2, 0.25) is 0 Å². The van der Waals surface area contributed by atoms with Crippen molar-refractivity contribution in [3.8, 4) is 0 Å². The van der Waals surface area contributed by atoms with Gasteiger partial charge in [0, 0.05) is 11.8 Å². The Bertz CT molecular complexity index is 459. The maximum Gasteiger partial charge on any atom is 0.332 e. The summed E-state index contributed by atoms with van der Waals surface area (Å²) in [6.07, 6.45) is -0.195. The van der Waals surface area contributed by atoms with Crippen molar-refractivity contribution in [2.45, 2.75) is 38.3 Å². The van der Waals surface area contributed by atoms with Gasteiger partial charge in [0.25, 0.3) is 0 Å². The van der Waals surface area contributed by atoms with Gasteiger partial charge in [-0.2, -0.15) is 0 Å². The van der Waals surface area contributed by atoms with Crippen LogP contribution >= 0.6 is 0 Å². The molecule has 0 amide bonds. The lowest BCUT2D eigenvalue weighted by molar-refractivity contribution is -0.172. The Labute approximate surface area is 116 Å².